The molecule has 0 aromatic carbocycles. The average Bonchev–Trinajstić information content (AvgIpc) is 3.25. The van der Waals surface area contributed by atoms with Crippen molar-refractivity contribution in [3.8, 4) is 0 Å². The molecule has 1 aromatic rings. The summed E-state index contributed by atoms with van der Waals surface area (Å²) >= 11 is 0. The van der Waals surface area contributed by atoms with Gasteiger partial charge in [-0.25, -0.2) is 4.79 Å². The minimum atomic E-state index is -0.908. The molecular weight excluding hydrogens is 324 g/mol. The lowest BCUT2D eigenvalue weighted by Gasteiger charge is -2.23. The Hall–Kier alpha value is -2.31. The molecule has 1 aliphatic rings. The maximum absolute atomic E-state index is 12.4. The molecule has 0 spiro atoms. The van der Waals surface area contributed by atoms with Gasteiger partial charge in [0, 0.05) is 6.04 Å². The van der Waals surface area contributed by atoms with Crippen molar-refractivity contribution in [1.82, 2.24) is 10.6 Å². The van der Waals surface area contributed by atoms with E-state index in [9.17, 15) is 14.4 Å². The zero-order valence-corrected chi connectivity index (χ0v) is 14.9. The third-order valence-corrected chi connectivity index (χ3v) is 4.32. The van der Waals surface area contributed by atoms with Gasteiger partial charge >= 0.3 is 5.97 Å². The lowest BCUT2D eigenvalue weighted by atomic mass is 10.0. The Balaban J connectivity index is 1.90. The molecule has 0 saturated heterocycles. The number of hydrogen-bond donors (Lipinski definition) is 2. The number of rotatable bonds is 7. The summed E-state index contributed by atoms with van der Waals surface area (Å²) in [6, 6.07) is 2.40. The third kappa shape index (κ3) is 5.34. The lowest BCUT2D eigenvalue weighted by Crippen LogP contribution is -2.48. The third-order valence-electron chi connectivity index (χ3n) is 4.32. The second kappa shape index (κ2) is 8.69. The van der Waals surface area contributed by atoms with Gasteiger partial charge in [0.25, 0.3) is 11.8 Å². The molecule has 2 amide bonds. The summed E-state index contributed by atoms with van der Waals surface area (Å²) in [6.07, 6.45) is 4.60. The van der Waals surface area contributed by atoms with Gasteiger partial charge in [0.15, 0.2) is 11.9 Å². The second-order valence-electron chi connectivity index (χ2n) is 6.74. The predicted octanol–water partition coefficient (Wildman–Crippen LogP) is 2.02. The number of nitrogens with one attached hydrogen (secondary N) is 2. The summed E-state index contributed by atoms with van der Waals surface area (Å²) in [4.78, 5) is 36.6. The Morgan fingerprint density at radius 3 is 2.44 bits per heavy atom. The highest BCUT2D eigenvalue weighted by molar-refractivity contribution is 5.95. The van der Waals surface area contributed by atoms with Gasteiger partial charge in [-0.3, -0.25) is 9.59 Å². The molecule has 1 aliphatic carbocycles. The van der Waals surface area contributed by atoms with Crippen molar-refractivity contribution in [2.45, 2.75) is 64.6 Å². The van der Waals surface area contributed by atoms with Crippen LogP contribution >= 0.6 is 0 Å². The number of carbonyl (C=O) groups excluding carboxylic acids is 3. The van der Waals surface area contributed by atoms with Gasteiger partial charge in [-0.15, -0.1) is 0 Å². The molecule has 1 saturated carbocycles. The van der Waals surface area contributed by atoms with Crippen molar-refractivity contribution in [3.05, 3.63) is 24.2 Å². The van der Waals surface area contributed by atoms with Crippen LogP contribution in [0.4, 0.5) is 0 Å². The van der Waals surface area contributed by atoms with Crippen molar-refractivity contribution < 1.29 is 23.5 Å². The minimum absolute atomic E-state index is 0.116. The molecule has 25 heavy (non-hydrogen) atoms. The minimum Gasteiger partial charge on any atom is -0.459 e. The number of esters is 1. The van der Waals surface area contributed by atoms with E-state index in [1.807, 2.05) is 0 Å². The van der Waals surface area contributed by atoms with Crippen molar-refractivity contribution in [2.75, 3.05) is 0 Å². The monoisotopic (exact) mass is 350 g/mol. The van der Waals surface area contributed by atoms with Gasteiger partial charge in [0.2, 0.25) is 0 Å². The number of hydrogen-bond acceptors (Lipinski definition) is 5. The number of furan rings is 1. The molecule has 2 rings (SSSR count). The van der Waals surface area contributed by atoms with Crippen LogP contribution in [-0.2, 0) is 14.3 Å². The van der Waals surface area contributed by atoms with E-state index < -0.39 is 24.0 Å². The molecule has 7 nitrogen and oxygen atoms in total. The van der Waals surface area contributed by atoms with Gasteiger partial charge in [-0.05, 0) is 37.8 Å². The predicted molar refractivity (Wildman–Crippen MR) is 90.8 cm³/mol. The van der Waals surface area contributed by atoms with Crippen LogP contribution in [0.3, 0.4) is 0 Å². The van der Waals surface area contributed by atoms with E-state index in [4.69, 9.17) is 9.15 Å². The van der Waals surface area contributed by atoms with Crippen LogP contribution < -0.4 is 10.6 Å². The van der Waals surface area contributed by atoms with Gasteiger partial charge in [0.1, 0.15) is 6.04 Å². The van der Waals surface area contributed by atoms with Gasteiger partial charge < -0.3 is 19.8 Å². The number of ether oxygens (including phenoxy) is 1. The summed E-state index contributed by atoms with van der Waals surface area (Å²) in [5.41, 5.74) is 0. The zero-order valence-electron chi connectivity index (χ0n) is 14.9. The Bertz CT molecular complexity index is 591. The SMILES string of the molecule is CC(C)[C@@H](NC(=O)c1ccco1)C(=O)O[C@@H](C)C(=O)NC1CCCC1. The molecule has 0 unspecified atom stereocenters. The zero-order chi connectivity index (χ0) is 18.4. The maximum Gasteiger partial charge on any atom is 0.329 e. The summed E-state index contributed by atoms with van der Waals surface area (Å²) in [5.74, 6) is -1.52. The van der Waals surface area contributed by atoms with E-state index in [1.165, 1.54) is 19.3 Å². The van der Waals surface area contributed by atoms with E-state index in [0.717, 1.165) is 25.7 Å². The Morgan fingerprint density at radius 1 is 1.20 bits per heavy atom. The van der Waals surface area contributed by atoms with Crippen LogP contribution in [0.5, 0.6) is 0 Å². The Kier molecular flexibility index (Phi) is 6.61. The first-order valence-electron chi connectivity index (χ1n) is 8.73. The van der Waals surface area contributed by atoms with Crippen molar-refractivity contribution >= 4 is 17.8 Å². The van der Waals surface area contributed by atoms with Crippen LogP contribution in [0, 0.1) is 5.92 Å². The first-order valence-corrected chi connectivity index (χ1v) is 8.73. The largest absolute Gasteiger partial charge is 0.459 e. The molecule has 7 heteroatoms. The molecule has 0 bridgehead atoms. The number of amides is 2. The van der Waals surface area contributed by atoms with Crippen LogP contribution in [-0.4, -0.2) is 36.0 Å². The highest BCUT2D eigenvalue weighted by Gasteiger charge is 2.30. The van der Waals surface area contributed by atoms with Crippen molar-refractivity contribution in [3.63, 3.8) is 0 Å². The fourth-order valence-corrected chi connectivity index (χ4v) is 2.81. The van der Waals surface area contributed by atoms with Gasteiger partial charge in [-0.1, -0.05) is 26.7 Å². The lowest BCUT2D eigenvalue weighted by molar-refractivity contribution is -0.157. The van der Waals surface area contributed by atoms with Crippen molar-refractivity contribution in [1.29, 1.82) is 0 Å². The summed E-state index contributed by atoms with van der Waals surface area (Å²) < 4.78 is 10.3. The summed E-state index contributed by atoms with van der Waals surface area (Å²) in [6.45, 7) is 5.11. The van der Waals surface area contributed by atoms with E-state index in [2.05, 4.69) is 10.6 Å². The summed E-state index contributed by atoms with van der Waals surface area (Å²) in [7, 11) is 0. The molecule has 2 N–H and O–H groups in total. The molecule has 138 valence electrons. The molecule has 2 atom stereocenters. The molecule has 1 aromatic heterocycles. The Labute approximate surface area is 147 Å². The topological polar surface area (TPSA) is 97.6 Å². The molecule has 1 heterocycles. The van der Waals surface area contributed by atoms with E-state index >= 15 is 0 Å². The Morgan fingerprint density at radius 2 is 1.88 bits per heavy atom. The van der Waals surface area contributed by atoms with Crippen LogP contribution in [0.25, 0.3) is 0 Å². The van der Waals surface area contributed by atoms with E-state index in [-0.39, 0.29) is 23.6 Å². The molecular formula is C18H26N2O5. The highest BCUT2D eigenvalue weighted by atomic mass is 16.5. The normalized spacial score (nSPS) is 17.1. The highest BCUT2D eigenvalue weighted by Crippen LogP contribution is 2.18. The van der Waals surface area contributed by atoms with Crippen LogP contribution in [0.2, 0.25) is 0 Å². The average molecular weight is 350 g/mol. The van der Waals surface area contributed by atoms with E-state index in [0.29, 0.717) is 0 Å². The fourth-order valence-electron chi connectivity index (χ4n) is 2.81. The van der Waals surface area contributed by atoms with Crippen LogP contribution in [0.1, 0.15) is 57.0 Å². The quantitative estimate of drug-likeness (QED) is 0.733. The van der Waals surface area contributed by atoms with Crippen molar-refractivity contribution in [2.24, 2.45) is 5.92 Å². The smallest absolute Gasteiger partial charge is 0.329 e. The maximum atomic E-state index is 12.4. The standard InChI is InChI=1S/C18H26N2O5/c1-11(2)15(20-17(22)14-9-6-10-24-14)18(23)25-12(3)16(21)19-13-7-4-5-8-13/h6,9-13,15H,4-5,7-8H2,1-3H3,(H,19,21)(H,20,22)/t12-,15+/m0/s1. The van der Waals surface area contributed by atoms with Gasteiger partial charge in [0.05, 0.1) is 6.26 Å². The van der Waals surface area contributed by atoms with Crippen LogP contribution in [0.15, 0.2) is 22.8 Å². The molecule has 0 aliphatic heterocycles. The summed E-state index contributed by atoms with van der Waals surface area (Å²) in [5, 5.41) is 5.49. The first-order chi connectivity index (χ1) is 11.9. The molecule has 0 radical (unpaired) electrons. The second-order valence-corrected chi connectivity index (χ2v) is 6.74. The van der Waals surface area contributed by atoms with E-state index in [1.54, 1.807) is 19.9 Å². The van der Waals surface area contributed by atoms with Gasteiger partial charge in [-0.2, -0.15) is 0 Å². The first kappa shape index (κ1) is 19.0. The molecule has 1 fully saturated rings. The number of carbonyl (C=O) groups is 3. The fraction of sp³-hybridized carbons (Fsp3) is 0.611.